The smallest absolute Gasteiger partial charge is 0.0317 e. The number of terminal acetylenes is 1. The fraction of sp³-hybridized carbons (Fsp3) is 0.400. The van der Waals surface area contributed by atoms with E-state index in [2.05, 4.69) is 58.7 Å². The van der Waals surface area contributed by atoms with E-state index in [0.717, 1.165) is 5.56 Å². The predicted octanol–water partition coefficient (Wildman–Crippen LogP) is 3.93. The lowest BCUT2D eigenvalue weighted by Crippen LogP contribution is -2.14. The number of benzene rings is 1. The fourth-order valence-corrected chi connectivity index (χ4v) is 1.75. The quantitative estimate of drug-likeness (QED) is 0.601. The van der Waals surface area contributed by atoms with Gasteiger partial charge in [0.2, 0.25) is 0 Å². The zero-order valence-electron chi connectivity index (χ0n) is 10.3. The van der Waals surface area contributed by atoms with Gasteiger partial charge in [0, 0.05) is 11.5 Å². The third-order valence-electron chi connectivity index (χ3n) is 2.56. The van der Waals surface area contributed by atoms with Gasteiger partial charge in [-0.15, -0.1) is 6.42 Å². The zero-order valence-corrected chi connectivity index (χ0v) is 10.3. The lowest BCUT2D eigenvalue weighted by Gasteiger charge is -2.23. The van der Waals surface area contributed by atoms with E-state index in [0.29, 0.717) is 0 Å². The lowest BCUT2D eigenvalue weighted by atomic mass is 9.80. The van der Waals surface area contributed by atoms with Gasteiger partial charge in [-0.3, -0.25) is 0 Å². The van der Waals surface area contributed by atoms with Gasteiger partial charge in [0.05, 0.1) is 0 Å². The molecule has 0 spiro atoms. The van der Waals surface area contributed by atoms with Crippen LogP contribution < -0.4 is 0 Å². The van der Waals surface area contributed by atoms with Crippen LogP contribution in [0.2, 0.25) is 0 Å². The molecule has 0 N–H and O–H groups in total. The minimum atomic E-state index is 0.104. The molecule has 0 atom stereocenters. The molecular formula is C15H19. The summed E-state index contributed by atoms with van der Waals surface area (Å²) in [5.74, 6) is 4.10. The van der Waals surface area contributed by atoms with Crippen molar-refractivity contribution in [2.24, 2.45) is 0 Å². The molecule has 0 unspecified atom stereocenters. The summed E-state index contributed by atoms with van der Waals surface area (Å²) in [6, 6.07) is 6.31. The van der Waals surface area contributed by atoms with Crippen LogP contribution in [0, 0.1) is 18.3 Å². The highest BCUT2D eigenvalue weighted by Gasteiger charge is 2.19. The van der Waals surface area contributed by atoms with Crippen LogP contribution >= 0.6 is 0 Å². The first-order chi connectivity index (χ1) is 6.88. The molecule has 0 aliphatic carbocycles. The molecule has 0 saturated heterocycles. The summed E-state index contributed by atoms with van der Waals surface area (Å²) in [5, 5.41) is 0. The van der Waals surface area contributed by atoms with Crippen molar-refractivity contribution in [2.45, 2.75) is 40.0 Å². The maximum absolute atomic E-state index is 5.62. The summed E-state index contributed by atoms with van der Waals surface area (Å²) in [4.78, 5) is 0. The van der Waals surface area contributed by atoms with Crippen LogP contribution in [0.5, 0.6) is 0 Å². The predicted molar refractivity (Wildman–Crippen MR) is 66.8 cm³/mol. The van der Waals surface area contributed by atoms with Crippen LogP contribution in [0.1, 0.15) is 51.3 Å². The highest BCUT2D eigenvalue weighted by molar-refractivity contribution is 5.53. The van der Waals surface area contributed by atoms with E-state index in [9.17, 15) is 0 Å². The van der Waals surface area contributed by atoms with E-state index in [1.165, 1.54) is 17.0 Å². The van der Waals surface area contributed by atoms with Gasteiger partial charge in [-0.05, 0) is 16.5 Å². The molecule has 0 heteroatoms. The van der Waals surface area contributed by atoms with E-state index in [1.807, 2.05) is 0 Å². The van der Waals surface area contributed by atoms with Crippen LogP contribution in [-0.4, -0.2) is 0 Å². The van der Waals surface area contributed by atoms with Crippen molar-refractivity contribution >= 4 is 0 Å². The fourth-order valence-electron chi connectivity index (χ4n) is 1.75. The maximum Gasteiger partial charge on any atom is 0.0317 e. The van der Waals surface area contributed by atoms with E-state index < -0.39 is 0 Å². The molecule has 1 aromatic carbocycles. The molecule has 79 valence electrons. The normalized spacial score (nSPS) is 11.5. The molecule has 0 bridgehead atoms. The van der Waals surface area contributed by atoms with Gasteiger partial charge in [-0.25, -0.2) is 0 Å². The van der Waals surface area contributed by atoms with Crippen LogP contribution in [0.3, 0.4) is 0 Å². The molecule has 0 nitrogen and oxygen atoms in total. The molecule has 1 aromatic rings. The Morgan fingerprint density at radius 2 is 1.80 bits per heavy atom. The molecule has 0 aromatic heterocycles. The summed E-state index contributed by atoms with van der Waals surface area (Å²) < 4.78 is 0. The van der Waals surface area contributed by atoms with Crippen molar-refractivity contribution in [3.63, 3.8) is 0 Å². The Bertz CT molecular complexity index is 383. The summed E-state index contributed by atoms with van der Waals surface area (Å²) >= 11 is 0. The molecular weight excluding hydrogens is 180 g/mol. The van der Waals surface area contributed by atoms with Crippen LogP contribution in [0.25, 0.3) is 0 Å². The minimum Gasteiger partial charge on any atom is -0.115 e. The first kappa shape index (κ1) is 11.9. The van der Waals surface area contributed by atoms with E-state index >= 15 is 0 Å². The Morgan fingerprint density at radius 1 is 1.20 bits per heavy atom. The van der Waals surface area contributed by atoms with Crippen molar-refractivity contribution in [1.82, 2.24) is 0 Å². The largest absolute Gasteiger partial charge is 0.115 e. The standard InChI is InChI=1S/C15H19/c1-7-12-13(11(2)3)9-8-10-14(12)15(4,5)6/h1,8-10H,2-6H3. The number of rotatable bonds is 1. The van der Waals surface area contributed by atoms with Crippen molar-refractivity contribution in [2.75, 3.05) is 0 Å². The molecule has 15 heavy (non-hydrogen) atoms. The van der Waals surface area contributed by atoms with Crippen LogP contribution in [0.4, 0.5) is 0 Å². The molecule has 0 heterocycles. The first-order valence-corrected chi connectivity index (χ1v) is 5.28. The Kier molecular flexibility index (Phi) is 3.25. The third kappa shape index (κ3) is 2.42. The van der Waals surface area contributed by atoms with Crippen molar-refractivity contribution in [3.8, 4) is 12.3 Å². The third-order valence-corrected chi connectivity index (χ3v) is 2.56. The van der Waals surface area contributed by atoms with Gasteiger partial charge in [-0.1, -0.05) is 58.7 Å². The molecule has 1 rings (SSSR count). The number of hydrogen-bond acceptors (Lipinski definition) is 0. The van der Waals surface area contributed by atoms with Gasteiger partial charge in [0.1, 0.15) is 0 Å². The number of hydrogen-bond donors (Lipinski definition) is 0. The second-order valence-corrected chi connectivity index (χ2v) is 5.12. The molecule has 0 amide bonds. The minimum absolute atomic E-state index is 0.104. The summed E-state index contributed by atoms with van der Waals surface area (Å²) in [6.45, 7) is 10.8. The van der Waals surface area contributed by atoms with Crippen molar-refractivity contribution < 1.29 is 0 Å². The topological polar surface area (TPSA) is 0 Å². The van der Waals surface area contributed by atoms with Gasteiger partial charge in [0.15, 0.2) is 0 Å². The average Bonchev–Trinajstić information content (AvgIpc) is 2.15. The van der Waals surface area contributed by atoms with Crippen molar-refractivity contribution in [1.29, 1.82) is 0 Å². The molecule has 1 radical (unpaired) electrons. The van der Waals surface area contributed by atoms with Gasteiger partial charge < -0.3 is 0 Å². The SMILES string of the molecule is C#Cc1c([C](C)C)cccc1C(C)(C)C. The van der Waals surface area contributed by atoms with Gasteiger partial charge in [-0.2, -0.15) is 0 Å². The lowest BCUT2D eigenvalue weighted by molar-refractivity contribution is 0.588. The second-order valence-electron chi connectivity index (χ2n) is 5.12. The van der Waals surface area contributed by atoms with E-state index in [1.54, 1.807) is 0 Å². The van der Waals surface area contributed by atoms with E-state index in [4.69, 9.17) is 6.42 Å². The van der Waals surface area contributed by atoms with Crippen LogP contribution in [0.15, 0.2) is 18.2 Å². The zero-order chi connectivity index (χ0) is 11.6. The van der Waals surface area contributed by atoms with Gasteiger partial charge >= 0.3 is 0 Å². The monoisotopic (exact) mass is 199 g/mol. The first-order valence-electron chi connectivity index (χ1n) is 5.28. The highest BCUT2D eigenvalue weighted by atomic mass is 14.2. The molecule has 0 fully saturated rings. The van der Waals surface area contributed by atoms with Crippen LogP contribution in [-0.2, 0) is 5.41 Å². The Balaban J connectivity index is 3.44. The summed E-state index contributed by atoms with van der Waals surface area (Å²) in [7, 11) is 0. The van der Waals surface area contributed by atoms with E-state index in [-0.39, 0.29) is 5.41 Å². The Hall–Kier alpha value is -1.22. The maximum atomic E-state index is 5.62. The Labute approximate surface area is 93.7 Å². The molecule has 0 aliphatic rings. The van der Waals surface area contributed by atoms with Crippen molar-refractivity contribution in [3.05, 3.63) is 40.8 Å². The highest BCUT2D eigenvalue weighted by Crippen LogP contribution is 2.30. The van der Waals surface area contributed by atoms with Gasteiger partial charge in [0.25, 0.3) is 0 Å². The molecule has 0 aliphatic heterocycles. The average molecular weight is 199 g/mol. The second kappa shape index (κ2) is 4.11. The molecule has 0 saturated carbocycles. The Morgan fingerprint density at radius 3 is 2.20 bits per heavy atom. The summed E-state index contributed by atoms with van der Waals surface area (Å²) in [5.41, 5.74) is 3.60. The summed E-state index contributed by atoms with van der Waals surface area (Å²) in [6.07, 6.45) is 5.62.